The number of hydrogen-bond donors (Lipinski definition) is 2. The van der Waals surface area contributed by atoms with E-state index in [2.05, 4.69) is 5.32 Å². The zero-order valence-electron chi connectivity index (χ0n) is 11.5. The molecule has 0 radical (unpaired) electrons. The van der Waals surface area contributed by atoms with Crippen LogP contribution in [0.15, 0.2) is 24.3 Å². The first-order valence-corrected chi connectivity index (χ1v) is 7.02. The number of para-hydroxylation sites is 1. The summed E-state index contributed by atoms with van der Waals surface area (Å²) in [4.78, 5) is 1.83. The monoisotopic (exact) mass is 263 g/mol. The molecule has 1 aliphatic heterocycles. The molecular weight excluding hydrogens is 241 g/mol. The molecule has 1 aromatic rings. The largest absolute Gasteiger partial charge is 0.328 e. The first kappa shape index (κ1) is 14.0. The van der Waals surface area contributed by atoms with Crippen molar-refractivity contribution < 1.29 is 4.39 Å². The normalized spacial score (nSPS) is 19.2. The van der Waals surface area contributed by atoms with Gasteiger partial charge in [0.1, 0.15) is 11.7 Å². The van der Waals surface area contributed by atoms with Crippen LogP contribution in [0.25, 0.3) is 0 Å². The van der Waals surface area contributed by atoms with E-state index >= 15 is 0 Å². The summed E-state index contributed by atoms with van der Waals surface area (Å²) in [6, 6.07) is 6.74. The van der Waals surface area contributed by atoms with Crippen molar-refractivity contribution in [2.24, 2.45) is 5.92 Å². The van der Waals surface area contributed by atoms with Gasteiger partial charge in [-0.3, -0.25) is 5.41 Å². The van der Waals surface area contributed by atoms with Crippen molar-refractivity contribution in [1.29, 1.82) is 5.41 Å². The topological polar surface area (TPSA) is 39.1 Å². The van der Waals surface area contributed by atoms with Gasteiger partial charge < -0.3 is 10.2 Å². The van der Waals surface area contributed by atoms with Gasteiger partial charge >= 0.3 is 0 Å². The van der Waals surface area contributed by atoms with E-state index in [9.17, 15) is 4.39 Å². The number of benzene rings is 1. The minimum atomic E-state index is -0.246. The Balaban J connectivity index is 2.16. The first-order valence-electron chi connectivity index (χ1n) is 7.02. The van der Waals surface area contributed by atoms with Crippen molar-refractivity contribution in [2.45, 2.75) is 26.2 Å². The van der Waals surface area contributed by atoms with E-state index in [0.29, 0.717) is 23.9 Å². The molecule has 0 bridgehead atoms. The van der Waals surface area contributed by atoms with E-state index in [4.69, 9.17) is 5.41 Å². The summed E-state index contributed by atoms with van der Waals surface area (Å²) < 4.78 is 13.9. The van der Waals surface area contributed by atoms with Crippen molar-refractivity contribution in [2.75, 3.05) is 24.5 Å². The number of nitrogens with one attached hydrogen (secondary N) is 2. The van der Waals surface area contributed by atoms with Gasteiger partial charge in [-0.05, 0) is 44.0 Å². The van der Waals surface area contributed by atoms with Crippen LogP contribution in [0.4, 0.5) is 10.1 Å². The number of hydrogen-bond acceptors (Lipinski definition) is 2. The predicted octanol–water partition coefficient (Wildman–Crippen LogP) is 3.02. The molecule has 0 spiro atoms. The predicted molar refractivity (Wildman–Crippen MR) is 77.4 cm³/mol. The van der Waals surface area contributed by atoms with Crippen molar-refractivity contribution in [1.82, 2.24) is 5.32 Å². The molecule has 0 amide bonds. The van der Waals surface area contributed by atoms with Crippen molar-refractivity contribution >= 4 is 11.5 Å². The maximum absolute atomic E-state index is 13.9. The lowest BCUT2D eigenvalue weighted by Gasteiger charge is -2.31. The van der Waals surface area contributed by atoms with Gasteiger partial charge in [0, 0.05) is 13.0 Å². The van der Waals surface area contributed by atoms with E-state index in [-0.39, 0.29) is 5.82 Å². The van der Waals surface area contributed by atoms with Gasteiger partial charge in [-0.2, -0.15) is 0 Å². The smallest absolute Gasteiger partial charge is 0.146 e. The van der Waals surface area contributed by atoms with Gasteiger partial charge in [-0.25, -0.2) is 4.39 Å². The molecule has 1 aromatic carbocycles. The lowest BCUT2D eigenvalue weighted by Crippen LogP contribution is -2.41. The molecular formula is C15H22FN3. The minimum absolute atomic E-state index is 0.246. The summed E-state index contributed by atoms with van der Waals surface area (Å²) in [5.41, 5.74) is 0.528. The van der Waals surface area contributed by atoms with Crippen LogP contribution in [0.3, 0.4) is 0 Å². The SMILES string of the molecule is CCC(=N)N(CC1CCCNC1)c1ccccc1F. The molecule has 1 heterocycles. The molecule has 0 aromatic heterocycles. The zero-order chi connectivity index (χ0) is 13.7. The van der Waals surface area contributed by atoms with Gasteiger partial charge in [-0.1, -0.05) is 19.1 Å². The van der Waals surface area contributed by atoms with E-state index in [1.54, 1.807) is 12.1 Å². The van der Waals surface area contributed by atoms with Gasteiger partial charge in [0.2, 0.25) is 0 Å². The van der Waals surface area contributed by atoms with E-state index < -0.39 is 0 Å². The van der Waals surface area contributed by atoms with Crippen molar-refractivity contribution in [3.63, 3.8) is 0 Å². The average Bonchev–Trinajstić information content (AvgIpc) is 2.46. The lowest BCUT2D eigenvalue weighted by atomic mass is 9.98. The molecule has 2 N–H and O–H groups in total. The molecule has 1 aliphatic rings. The molecule has 3 nitrogen and oxygen atoms in total. The molecule has 4 heteroatoms. The third-order valence-corrected chi connectivity index (χ3v) is 3.64. The summed E-state index contributed by atoms with van der Waals surface area (Å²) in [5.74, 6) is 0.723. The Hall–Kier alpha value is -1.42. The summed E-state index contributed by atoms with van der Waals surface area (Å²) in [6.07, 6.45) is 2.93. The third-order valence-electron chi connectivity index (χ3n) is 3.64. The van der Waals surface area contributed by atoms with Crippen molar-refractivity contribution in [3.8, 4) is 0 Å². The fourth-order valence-corrected chi connectivity index (χ4v) is 2.55. The van der Waals surface area contributed by atoms with Crippen molar-refractivity contribution in [3.05, 3.63) is 30.1 Å². The van der Waals surface area contributed by atoms with E-state index in [1.807, 2.05) is 17.9 Å². The Morgan fingerprint density at radius 3 is 2.89 bits per heavy atom. The summed E-state index contributed by atoms with van der Waals surface area (Å²) in [6.45, 7) is 4.69. The van der Waals surface area contributed by atoms with Gasteiger partial charge in [0.25, 0.3) is 0 Å². The molecule has 104 valence electrons. The molecule has 19 heavy (non-hydrogen) atoms. The molecule has 0 aliphatic carbocycles. The van der Waals surface area contributed by atoms with Crippen LogP contribution in [-0.2, 0) is 0 Å². The molecule has 2 rings (SSSR count). The Morgan fingerprint density at radius 1 is 1.47 bits per heavy atom. The van der Waals surface area contributed by atoms with Crippen LogP contribution < -0.4 is 10.2 Å². The fraction of sp³-hybridized carbons (Fsp3) is 0.533. The van der Waals surface area contributed by atoms with Gasteiger partial charge in [0.05, 0.1) is 5.69 Å². The van der Waals surface area contributed by atoms with Crippen LogP contribution in [0.1, 0.15) is 26.2 Å². The molecule has 1 unspecified atom stereocenters. The summed E-state index contributed by atoms with van der Waals surface area (Å²) in [7, 11) is 0. The highest BCUT2D eigenvalue weighted by atomic mass is 19.1. The van der Waals surface area contributed by atoms with Crippen LogP contribution in [0.5, 0.6) is 0 Å². The second-order valence-electron chi connectivity index (χ2n) is 5.07. The van der Waals surface area contributed by atoms with Crippen LogP contribution in [-0.4, -0.2) is 25.5 Å². The van der Waals surface area contributed by atoms with E-state index in [1.165, 1.54) is 6.07 Å². The quantitative estimate of drug-likeness (QED) is 0.647. The number of amidine groups is 1. The molecule has 0 saturated carbocycles. The lowest BCUT2D eigenvalue weighted by molar-refractivity contribution is 0.384. The second-order valence-corrected chi connectivity index (χ2v) is 5.07. The number of nitrogens with zero attached hydrogens (tertiary/aromatic N) is 1. The van der Waals surface area contributed by atoms with E-state index in [0.717, 1.165) is 32.5 Å². The molecule has 1 fully saturated rings. The molecule has 1 saturated heterocycles. The van der Waals surface area contributed by atoms with Crippen LogP contribution in [0, 0.1) is 17.1 Å². The number of halogens is 1. The van der Waals surface area contributed by atoms with Crippen LogP contribution in [0.2, 0.25) is 0 Å². The fourth-order valence-electron chi connectivity index (χ4n) is 2.55. The Labute approximate surface area is 114 Å². The number of piperidine rings is 1. The summed E-state index contributed by atoms with van der Waals surface area (Å²) in [5, 5.41) is 11.5. The summed E-state index contributed by atoms with van der Waals surface area (Å²) >= 11 is 0. The Kier molecular flexibility index (Phi) is 4.91. The average molecular weight is 263 g/mol. The first-order chi connectivity index (χ1) is 9.22. The zero-order valence-corrected chi connectivity index (χ0v) is 11.5. The highest BCUT2D eigenvalue weighted by Crippen LogP contribution is 2.22. The van der Waals surface area contributed by atoms with Crippen LogP contribution >= 0.6 is 0 Å². The highest BCUT2D eigenvalue weighted by molar-refractivity contribution is 5.95. The number of anilines is 1. The minimum Gasteiger partial charge on any atom is -0.328 e. The Bertz CT molecular complexity index is 427. The highest BCUT2D eigenvalue weighted by Gasteiger charge is 2.21. The second kappa shape index (κ2) is 6.66. The maximum atomic E-state index is 13.9. The molecule has 1 atom stereocenters. The van der Waals surface area contributed by atoms with Gasteiger partial charge in [-0.15, -0.1) is 0 Å². The standard InChI is InChI=1S/C15H22FN3/c1-2-15(17)19(11-12-6-5-9-18-10-12)14-8-4-3-7-13(14)16/h3-4,7-8,12,17-18H,2,5-6,9-11H2,1H3. The Morgan fingerprint density at radius 2 is 2.26 bits per heavy atom. The third kappa shape index (κ3) is 3.53. The number of rotatable bonds is 4. The maximum Gasteiger partial charge on any atom is 0.146 e. The van der Waals surface area contributed by atoms with Gasteiger partial charge in [0.15, 0.2) is 0 Å².